The maximum atomic E-state index is 12.5. The fourth-order valence-electron chi connectivity index (χ4n) is 2.60. The van der Waals surface area contributed by atoms with Gasteiger partial charge < -0.3 is 15.2 Å². The van der Waals surface area contributed by atoms with Crippen molar-refractivity contribution in [3.05, 3.63) is 82.9 Å². The van der Waals surface area contributed by atoms with Gasteiger partial charge in [0.2, 0.25) is 0 Å². The molecule has 2 amide bonds. The Bertz CT molecular complexity index is 925. The number of halogens is 1. The Morgan fingerprint density at radius 1 is 1.00 bits per heavy atom. The second-order valence-corrected chi connectivity index (χ2v) is 6.74. The van der Waals surface area contributed by atoms with Crippen molar-refractivity contribution in [2.75, 3.05) is 11.9 Å². The molecule has 138 valence electrons. The summed E-state index contributed by atoms with van der Waals surface area (Å²) < 4.78 is 2.65. The Morgan fingerprint density at radius 2 is 1.74 bits per heavy atom. The number of hydrogen-bond donors (Lipinski definition) is 2. The molecule has 0 spiro atoms. The van der Waals surface area contributed by atoms with Gasteiger partial charge in [-0.2, -0.15) is 0 Å². The number of benzene rings is 2. The lowest BCUT2D eigenvalue weighted by Gasteiger charge is -2.12. The molecule has 0 bridgehead atoms. The molecule has 0 saturated heterocycles. The molecule has 3 aromatic rings. The number of carbonyl (C=O) groups is 2. The van der Waals surface area contributed by atoms with E-state index in [1.54, 1.807) is 55.0 Å². The van der Waals surface area contributed by atoms with Crippen LogP contribution in [0.3, 0.4) is 0 Å². The zero-order valence-electron chi connectivity index (χ0n) is 14.6. The number of anilines is 1. The van der Waals surface area contributed by atoms with Crippen LogP contribution in [0.2, 0.25) is 0 Å². The van der Waals surface area contributed by atoms with Crippen LogP contribution >= 0.6 is 15.9 Å². The summed E-state index contributed by atoms with van der Waals surface area (Å²) in [6, 6.07) is 14.1. The maximum Gasteiger partial charge on any atom is 0.256 e. The SMILES string of the molecule is O=C(Nc1ccccc1C(=O)NCCCn1ccnc1)c1ccccc1Br. The number of hydrogen-bond acceptors (Lipinski definition) is 3. The van der Waals surface area contributed by atoms with Crippen LogP contribution in [0, 0.1) is 0 Å². The van der Waals surface area contributed by atoms with Crippen LogP contribution in [0.4, 0.5) is 5.69 Å². The lowest BCUT2D eigenvalue weighted by atomic mass is 10.1. The van der Waals surface area contributed by atoms with E-state index in [1.165, 1.54) is 0 Å². The van der Waals surface area contributed by atoms with Gasteiger partial charge in [-0.15, -0.1) is 0 Å². The molecule has 0 aliphatic heterocycles. The van der Waals surface area contributed by atoms with Gasteiger partial charge in [-0.1, -0.05) is 24.3 Å². The summed E-state index contributed by atoms with van der Waals surface area (Å²) in [5, 5.41) is 5.71. The Kier molecular flexibility index (Phi) is 6.38. The highest BCUT2D eigenvalue weighted by Crippen LogP contribution is 2.20. The van der Waals surface area contributed by atoms with Crippen molar-refractivity contribution in [1.29, 1.82) is 0 Å². The van der Waals surface area contributed by atoms with Crippen LogP contribution < -0.4 is 10.6 Å². The highest BCUT2D eigenvalue weighted by molar-refractivity contribution is 9.10. The van der Waals surface area contributed by atoms with Gasteiger partial charge in [0.05, 0.1) is 23.1 Å². The third-order valence-electron chi connectivity index (χ3n) is 3.98. The van der Waals surface area contributed by atoms with Gasteiger partial charge in [0, 0.05) is 30.0 Å². The zero-order chi connectivity index (χ0) is 19.1. The molecule has 0 saturated carbocycles. The van der Waals surface area contributed by atoms with Crippen LogP contribution in [0.25, 0.3) is 0 Å². The number of amides is 2. The highest BCUT2D eigenvalue weighted by atomic mass is 79.9. The van der Waals surface area contributed by atoms with E-state index >= 15 is 0 Å². The van der Waals surface area contributed by atoms with Crippen LogP contribution in [-0.2, 0) is 6.54 Å². The quantitative estimate of drug-likeness (QED) is 0.565. The fraction of sp³-hybridized carbons (Fsp3) is 0.150. The number of nitrogens with zero attached hydrogens (tertiary/aromatic N) is 2. The van der Waals surface area contributed by atoms with Crippen molar-refractivity contribution in [1.82, 2.24) is 14.9 Å². The molecule has 6 nitrogen and oxygen atoms in total. The van der Waals surface area contributed by atoms with Crippen molar-refractivity contribution in [3.8, 4) is 0 Å². The van der Waals surface area contributed by atoms with Crippen molar-refractivity contribution in [2.24, 2.45) is 0 Å². The minimum Gasteiger partial charge on any atom is -0.352 e. The Balaban J connectivity index is 1.62. The lowest BCUT2D eigenvalue weighted by molar-refractivity contribution is 0.0953. The standard InChI is InChI=1S/C20H19BrN4O2/c21-17-8-3-1-6-15(17)20(27)24-18-9-4-2-7-16(18)19(26)23-10-5-12-25-13-11-22-14-25/h1-4,6-9,11,13-14H,5,10,12H2,(H,23,26)(H,24,27). The van der Waals surface area contributed by atoms with Crippen LogP contribution in [0.15, 0.2) is 71.7 Å². The summed E-state index contributed by atoms with van der Waals surface area (Å²) in [4.78, 5) is 29.0. The van der Waals surface area contributed by atoms with Gasteiger partial charge in [0.1, 0.15) is 0 Å². The number of aryl methyl sites for hydroxylation is 1. The van der Waals surface area contributed by atoms with Gasteiger partial charge in [0.25, 0.3) is 11.8 Å². The number of carbonyl (C=O) groups excluding carboxylic acids is 2. The summed E-state index contributed by atoms with van der Waals surface area (Å²) in [5.41, 5.74) is 1.42. The maximum absolute atomic E-state index is 12.5. The smallest absolute Gasteiger partial charge is 0.256 e. The van der Waals surface area contributed by atoms with Crippen molar-refractivity contribution >= 4 is 33.4 Å². The molecule has 2 aromatic carbocycles. The van der Waals surface area contributed by atoms with Crippen LogP contribution in [0.5, 0.6) is 0 Å². The molecule has 0 unspecified atom stereocenters. The number of aromatic nitrogens is 2. The average molecular weight is 427 g/mol. The minimum absolute atomic E-state index is 0.219. The van der Waals surface area contributed by atoms with E-state index in [0.29, 0.717) is 27.8 Å². The van der Waals surface area contributed by atoms with Gasteiger partial charge in [-0.3, -0.25) is 9.59 Å². The first-order valence-electron chi connectivity index (χ1n) is 8.54. The average Bonchev–Trinajstić information content (AvgIpc) is 3.19. The van der Waals surface area contributed by atoms with E-state index in [2.05, 4.69) is 31.5 Å². The summed E-state index contributed by atoms with van der Waals surface area (Å²) in [6.07, 6.45) is 6.14. The molecule has 1 heterocycles. The number of rotatable bonds is 7. The molecule has 0 aliphatic carbocycles. The third-order valence-corrected chi connectivity index (χ3v) is 4.67. The van der Waals surface area contributed by atoms with E-state index in [-0.39, 0.29) is 11.8 Å². The van der Waals surface area contributed by atoms with Crippen LogP contribution in [-0.4, -0.2) is 27.9 Å². The molecule has 7 heteroatoms. The van der Waals surface area contributed by atoms with Crippen molar-refractivity contribution < 1.29 is 9.59 Å². The fourth-order valence-corrected chi connectivity index (χ4v) is 3.07. The van der Waals surface area contributed by atoms with Crippen molar-refractivity contribution in [2.45, 2.75) is 13.0 Å². The second kappa shape index (κ2) is 9.14. The van der Waals surface area contributed by atoms with E-state index in [0.717, 1.165) is 13.0 Å². The summed E-state index contributed by atoms with van der Waals surface area (Å²) in [5.74, 6) is -0.494. The first-order chi connectivity index (χ1) is 13.1. The van der Waals surface area contributed by atoms with E-state index in [4.69, 9.17) is 0 Å². The summed E-state index contributed by atoms with van der Waals surface area (Å²) in [7, 11) is 0. The summed E-state index contributed by atoms with van der Waals surface area (Å²) in [6.45, 7) is 1.31. The highest BCUT2D eigenvalue weighted by Gasteiger charge is 2.15. The molecular weight excluding hydrogens is 408 g/mol. The van der Waals surface area contributed by atoms with Gasteiger partial charge in [-0.25, -0.2) is 4.98 Å². The molecule has 27 heavy (non-hydrogen) atoms. The lowest BCUT2D eigenvalue weighted by Crippen LogP contribution is -2.26. The normalized spacial score (nSPS) is 10.4. The Morgan fingerprint density at radius 3 is 2.48 bits per heavy atom. The molecule has 0 radical (unpaired) electrons. The number of imidazole rings is 1. The van der Waals surface area contributed by atoms with E-state index in [1.807, 2.05) is 16.8 Å². The largest absolute Gasteiger partial charge is 0.352 e. The second-order valence-electron chi connectivity index (χ2n) is 5.89. The molecule has 0 atom stereocenters. The molecule has 2 N–H and O–H groups in total. The molecule has 0 aliphatic rings. The zero-order valence-corrected chi connectivity index (χ0v) is 16.1. The number of nitrogens with one attached hydrogen (secondary N) is 2. The summed E-state index contributed by atoms with van der Waals surface area (Å²) >= 11 is 3.37. The van der Waals surface area contributed by atoms with E-state index in [9.17, 15) is 9.59 Å². The van der Waals surface area contributed by atoms with Crippen molar-refractivity contribution in [3.63, 3.8) is 0 Å². The molecule has 0 fully saturated rings. The first kappa shape index (κ1) is 18.8. The predicted molar refractivity (Wildman–Crippen MR) is 108 cm³/mol. The Hall–Kier alpha value is -2.93. The van der Waals surface area contributed by atoms with Gasteiger partial charge >= 0.3 is 0 Å². The van der Waals surface area contributed by atoms with Gasteiger partial charge in [-0.05, 0) is 46.6 Å². The Labute approximate surface area is 165 Å². The van der Waals surface area contributed by atoms with E-state index < -0.39 is 0 Å². The number of para-hydroxylation sites is 1. The molecule has 3 rings (SSSR count). The predicted octanol–water partition coefficient (Wildman–Crippen LogP) is 3.72. The molecular formula is C20H19BrN4O2. The molecule has 1 aromatic heterocycles. The minimum atomic E-state index is -0.275. The third kappa shape index (κ3) is 5.04. The first-order valence-corrected chi connectivity index (χ1v) is 9.33. The van der Waals surface area contributed by atoms with Crippen LogP contribution in [0.1, 0.15) is 27.1 Å². The van der Waals surface area contributed by atoms with Gasteiger partial charge in [0.15, 0.2) is 0 Å². The monoisotopic (exact) mass is 426 g/mol. The topological polar surface area (TPSA) is 76.0 Å².